The fourth-order valence-electron chi connectivity index (χ4n) is 3.80. The van der Waals surface area contributed by atoms with Crippen LogP contribution in [0.25, 0.3) is 0 Å². The SMILES string of the molecule is Cc1cccc(NC(=O)CN2CCN(C(=O)c3ccc(COc4ccc(F)cc4)o3)CC2)c1C. The number of piperazine rings is 1. The van der Waals surface area contributed by atoms with Gasteiger partial charge in [-0.05, 0) is 67.4 Å². The molecule has 8 heteroatoms. The maximum Gasteiger partial charge on any atom is 0.289 e. The minimum absolute atomic E-state index is 0.0645. The predicted octanol–water partition coefficient (Wildman–Crippen LogP) is 4.01. The van der Waals surface area contributed by atoms with Crippen molar-refractivity contribution >= 4 is 17.5 Å². The van der Waals surface area contributed by atoms with E-state index in [1.54, 1.807) is 17.0 Å². The Morgan fingerprint density at radius 1 is 1.00 bits per heavy atom. The Labute approximate surface area is 198 Å². The summed E-state index contributed by atoms with van der Waals surface area (Å²) in [6, 6.07) is 14.9. The highest BCUT2D eigenvalue weighted by atomic mass is 19.1. The van der Waals surface area contributed by atoms with Gasteiger partial charge in [-0.15, -0.1) is 0 Å². The first-order valence-corrected chi connectivity index (χ1v) is 11.2. The molecule has 2 aromatic carbocycles. The first-order valence-electron chi connectivity index (χ1n) is 11.2. The summed E-state index contributed by atoms with van der Waals surface area (Å²) in [6.07, 6.45) is 0. The average molecular weight is 466 g/mol. The van der Waals surface area contributed by atoms with Crippen LogP contribution in [0.5, 0.6) is 5.75 Å². The average Bonchev–Trinajstić information content (AvgIpc) is 3.31. The lowest BCUT2D eigenvalue weighted by molar-refractivity contribution is -0.117. The highest BCUT2D eigenvalue weighted by molar-refractivity contribution is 5.93. The Morgan fingerprint density at radius 2 is 1.74 bits per heavy atom. The van der Waals surface area contributed by atoms with Gasteiger partial charge in [-0.1, -0.05) is 12.1 Å². The lowest BCUT2D eigenvalue weighted by Gasteiger charge is -2.33. The van der Waals surface area contributed by atoms with Crippen molar-refractivity contribution in [2.45, 2.75) is 20.5 Å². The second-order valence-corrected chi connectivity index (χ2v) is 8.37. The number of benzene rings is 2. The molecule has 0 radical (unpaired) electrons. The van der Waals surface area contributed by atoms with Crippen LogP contribution in [0.1, 0.15) is 27.4 Å². The second-order valence-electron chi connectivity index (χ2n) is 8.37. The second kappa shape index (κ2) is 10.5. The van der Waals surface area contributed by atoms with Crippen LogP contribution in [0.4, 0.5) is 10.1 Å². The normalized spacial score (nSPS) is 14.1. The minimum atomic E-state index is -0.333. The van der Waals surface area contributed by atoms with Crippen molar-refractivity contribution in [3.8, 4) is 5.75 Å². The predicted molar refractivity (Wildman–Crippen MR) is 126 cm³/mol. The number of ether oxygens (including phenoxy) is 1. The van der Waals surface area contributed by atoms with Gasteiger partial charge >= 0.3 is 0 Å². The molecule has 34 heavy (non-hydrogen) atoms. The molecule has 1 fully saturated rings. The molecule has 4 rings (SSSR count). The van der Waals surface area contributed by atoms with E-state index in [9.17, 15) is 14.0 Å². The number of rotatable bonds is 7. The molecule has 3 aromatic rings. The lowest BCUT2D eigenvalue weighted by atomic mass is 10.1. The Kier molecular flexibility index (Phi) is 7.27. The number of nitrogens with zero attached hydrogens (tertiary/aromatic N) is 2. The van der Waals surface area contributed by atoms with Crippen LogP contribution in [-0.4, -0.2) is 54.3 Å². The van der Waals surface area contributed by atoms with E-state index in [-0.39, 0.29) is 36.5 Å². The van der Waals surface area contributed by atoms with Gasteiger partial charge in [-0.2, -0.15) is 0 Å². The molecule has 2 heterocycles. The molecule has 0 saturated carbocycles. The van der Waals surface area contributed by atoms with Gasteiger partial charge in [0.15, 0.2) is 5.76 Å². The Morgan fingerprint density at radius 3 is 2.47 bits per heavy atom. The Balaban J connectivity index is 1.24. The van der Waals surface area contributed by atoms with E-state index < -0.39 is 0 Å². The quantitative estimate of drug-likeness (QED) is 0.571. The van der Waals surface area contributed by atoms with Gasteiger partial charge in [0.25, 0.3) is 5.91 Å². The third-order valence-electron chi connectivity index (χ3n) is 5.97. The zero-order valence-corrected chi connectivity index (χ0v) is 19.3. The molecule has 178 valence electrons. The summed E-state index contributed by atoms with van der Waals surface area (Å²) in [4.78, 5) is 29.1. The maximum atomic E-state index is 13.0. The first-order chi connectivity index (χ1) is 16.4. The number of anilines is 1. The molecule has 0 spiro atoms. The Hall–Kier alpha value is -3.65. The van der Waals surface area contributed by atoms with Gasteiger partial charge in [0.1, 0.15) is 23.9 Å². The van der Waals surface area contributed by atoms with Crippen LogP contribution in [0, 0.1) is 19.7 Å². The van der Waals surface area contributed by atoms with Crippen molar-refractivity contribution in [3.05, 3.63) is 83.1 Å². The highest BCUT2D eigenvalue weighted by Crippen LogP contribution is 2.19. The van der Waals surface area contributed by atoms with Crippen molar-refractivity contribution in [1.29, 1.82) is 0 Å². The topological polar surface area (TPSA) is 75.0 Å². The molecular weight excluding hydrogens is 437 g/mol. The molecule has 0 aliphatic carbocycles. The summed E-state index contributed by atoms with van der Waals surface area (Å²) in [7, 11) is 0. The molecule has 1 aromatic heterocycles. The molecule has 0 atom stereocenters. The summed E-state index contributed by atoms with van der Waals surface area (Å²) < 4.78 is 24.2. The summed E-state index contributed by atoms with van der Waals surface area (Å²) in [6.45, 7) is 6.66. The third-order valence-corrected chi connectivity index (χ3v) is 5.97. The standard InChI is InChI=1S/C26H28FN3O4/c1-18-4-3-5-23(19(18)2)28-25(31)16-29-12-14-30(15-13-29)26(32)24-11-10-22(34-24)17-33-21-8-6-20(27)7-9-21/h3-11H,12-17H2,1-2H3,(H,28,31). The molecule has 7 nitrogen and oxygen atoms in total. The highest BCUT2D eigenvalue weighted by Gasteiger charge is 2.25. The fourth-order valence-corrected chi connectivity index (χ4v) is 3.80. The van der Waals surface area contributed by atoms with Crippen LogP contribution >= 0.6 is 0 Å². The van der Waals surface area contributed by atoms with Crippen LogP contribution in [-0.2, 0) is 11.4 Å². The number of furan rings is 1. The molecule has 1 aliphatic heterocycles. The van der Waals surface area contributed by atoms with Crippen LogP contribution < -0.4 is 10.1 Å². The molecule has 0 bridgehead atoms. The summed E-state index contributed by atoms with van der Waals surface area (Å²) in [5.74, 6) is 0.690. The number of aryl methyl sites for hydroxylation is 1. The van der Waals surface area contributed by atoms with Crippen molar-refractivity contribution in [3.63, 3.8) is 0 Å². The van der Waals surface area contributed by atoms with E-state index in [4.69, 9.17) is 9.15 Å². The van der Waals surface area contributed by atoms with Crippen LogP contribution in [0.2, 0.25) is 0 Å². The van der Waals surface area contributed by atoms with Gasteiger partial charge < -0.3 is 19.4 Å². The van der Waals surface area contributed by atoms with Crippen molar-refractivity contribution in [2.24, 2.45) is 0 Å². The number of hydrogen-bond donors (Lipinski definition) is 1. The number of carbonyl (C=O) groups is 2. The third kappa shape index (κ3) is 5.82. The van der Waals surface area contributed by atoms with E-state index in [2.05, 4.69) is 5.32 Å². The molecule has 2 amide bonds. The van der Waals surface area contributed by atoms with Gasteiger partial charge in [0.05, 0.1) is 6.54 Å². The lowest BCUT2D eigenvalue weighted by Crippen LogP contribution is -2.50. The van der Waals surface area contributed by atoms with E-state index in [0.717, 1.165) is 16.8 Å². The molecule has 0 unspecified atom stereocenters. The fraction of sp³-hybridized carbons (Fsp3) is 0.308. The molecule has 1 N–H and O–H groups in total. The number of halogens is 1. The van der Waals surface area contributed by atoms with E-state index in [1.165, 1.54) is 24.3 Å². The van der Waals surface area contributed by atoms with Crippen LogP contribution in [0.15, 0.2) is 59.0 Å². The van der Waals surface area contributed by atoms with Gasteiger partial charge in [-0.25, -0.2) is 4.39 Å². The summed E-state index contributed by atoms with van der Waals surface area (Å²) in [5, 5.41) is 2.98. The monoisotopic (exact) mass is 465 g/mol. The van der Waals surface area contributed by atoms with Gasteiger partial charge in [0.2, 0.25) is 5.91 Å². The largest absolute Gasteiger partial charge is 0.486 e. The van der Waals surface area contributed by atoms with E-state index in [1.807, 2.05) is 36.9 Å². The zero-order chi connectivity index (χ0) is 24.1. The smallest absolute Gasteiger partial charge is 0.289 e. The van der Waals surface area contributed by atoms with Crippen LogP contribution in [0.3, 0.4) is 0 Å². The zero-order valence-electron chi connectivity index (χ0n) is 19.3. The summed E-state index contributed by atoms with van der Waals surface area (Å²) in [5.41, 5.74) is 3.02. The van der Waals surface area contributed by atoms with Gasteiger partial charge in [-0.3, -0.25) is 14.5 Å². The number of nitrogens with one attached hydrogen (secondary N) is 1. The van der Waals surface area contributed by atoms with Crippen molar-refractivity contribution in [2.75, 3.05) is 38.0 Å². The maximum absolute atomic E-state index is 13.0. The minimum Gasteiger partial charge on any atom is -0.486 e. The molecular formula is C26H28FN3O4. The van der Waals surface area contributed by atoms with Gasteiger partial charge in [0, 0.05) is 31.9 Å². The van der Waals surface area contributed by atoms with Crippen molar-refractivity contribution < 1.29 is 23.1 Å². The number of carbonyl (C=O) groups excluding carboxylic acids is 2. The van der Waals surface area contributed by atoms with Crippen molar-refractivity contribution in [1.82, 2.24) is 9.80 Å². The molecule has 1 saturated heterocycles. The Bertz CT molecular complexity index is 1150. The molecule has 1 aliphatic rings. The number of hydrogen-bond acceptors (Lipinski definition) is 5. The summed E-state index contributed by atoms with van der Waals surface area (Å²) >= 11 is 0. The number of amides is 2. The van der Waals surface area contributed by atoms with E-state index in [0.29, 0.717) is 37.7 Å². The van der Waals surface area contributed by atoms with E-state index >= 15 is 0 Å². The first kappa shape index (κ1) is 23.5.